The number of fused-ring (bicyclic) bond motifs is 4. The van der Waals surface area contributed by atoms with Gasteiger partial charge < -0.3 is 19.9 Å². The Balaban J connectivity index is 1.43. The normalized spacial score (nSPS) is 23.6. The number of nitrogens with one attached hydrogen (secondary N) is 1. The van der Waals surface area contributed by atoms with Crippen LogP contribution in [-0.4, -0.2) is 43.1 Å². The Morgan fingerprint density at radius 1 is 1.19 bits per heavy atom. The summed E-state index contributed by atoms with van der Waals surface area (Å²) < 4.78 is 42.0. The fourth-order valence-corrected chi connectivity index (χ4v) is 6.05. The number of aromatic nitrogens is 1. The minimum atomic E-state index is -1.18. The van der Waals surface area contributed by atoms with Gasteiger partial charge in [-0.1, -0.05) is 0 Å². The fraction of sp³-hybridized carbons (Fsp3) is 0.350. The molecular weight excluding hydrogens is 435 g/mol. The van der Waals surface area contributed by atoms with E-state index < -0.39 is 58.1 Å². The summed E-state index contributed by atoms with van der Waals surface area (Å²) >= 11 is 1.66. The number of carbonyl (C=O) groups excluding carboxylic acids is 2. The number of nitrogens with zero attached hydrogens (tertiary/aromatic N) is 2. The summed E-state index contributed by atoms with van der Waals surface area (Å²) in [4.78, 5) is 39.7. The zero-order valence-corrected chi connectivity index (χ0v) is 16.7. The zero-order chi connectivity index (χ0) is 22.0. The highest BCUT2D eigenvalue weighted by Gasteiger charge is 2.52. The molecule has 1 aromatic carbocycles. The lowest BCUT2D eigenvalue weighted by molar-refractivity contribution is 0.0531. The standard InChI is InChI=1S/C20H16F3N3O4S/c21-8-3-11(22)9(12(23)4-8)5-24-19(29)10-6-25-7-15-26(13-1-2-14(13)31-15)20(30)16(25)18(28)17(10)27/h3-4,6,13-15,28H,1-2,5,7H2,(H,24,29)/t13-,14+,15?/m0/s1. The molecule has 2 aliphatic heterocycles. The molecule has 2 N–H and O–H groups in total. The number of carbonyl (C=O) groups is 2. The van der Waals surface area contributed by atoms with Crippen molar-refractivity contribution in [1.29, 1.82) is 0 Å². The Morgan fingerprint density at radius 2 is 1.90 bits per heavy atom. The van der Waals surface area contributed by atoms with Crippen LogP contribution in [0.25, 0.3) is 0 Å². The highest BCUT2D eigenvalue weighted by Crippen LogP contribution is 2.49. The molecular formula is C20H16F3N3O4S. The third-order valence-corrected chi connectivity index (χ3v) is 7.59. The highest BCUT2D eigenvalue weighted by molar-refractivity contribution is 8.00. The number of rotatable bonds is 3. The molecule has 5 rings (SSSR count). The SMILES string of the molecule is O=C(NCc1c(F)cc(F)cc1F)c1cn2c(c(O)c1=O)C(=O)N1C(C2)S[C@@H]2CC[C@@H]21. The molecule has 0 radical (unpaired) electrons. The Morgan fingerprint density at radius 3 is 2.55 bits per heavy atom. The number of hydrogen-bond acceptors (Lipinski definition) is 5. The number of amides is 2. The predicted molar refractivity (Wildman–Crippen MR) is 104 cm³/mol. The maximum Gasteiger partial charge on any atom is 0.275 e. The smallest absolute Gasteiger partial charge is 0.275 e. The quantitative estimate of drug-likeness (QED) is 0.745. The Kier molecular flexibility index (Phi) is 4.54. The van der Waals surface area contributed by atoms with E-state index in [0.29, 0.717) is 23.9 Å². The van der Waals surface area contributed by atoms with E-state index in [1.807, 2.05) is 0 Å². The lowest BCUT2D eigenvalue weighted by atomic mass is 9.90. The third-order valence-electron chi connectivity index (χ3n) is 6.00. The van der Waals surface area contributed by atoms with Crippen LogP contribution in [0.2, 0.25) is 0 Å². The first-order chi connectivity index (χ1) is 14.8. The summed E-state index contributed by atoms with van der Waals surface area (Å²) in [5, 5.41) is 12.8. The van der Waals surface area contributed by atoms with Crippen molar-refractivity contribution < 1.29 is 27.9 Å². The number of aromatic hydroxyl groups is 1. The van der Waals surface area contributed by atoms with E-state index in [4.69, 9.17) is 0 Å². The topological polar surface area (TPSA) is 91.6 Å². The average molecular weight is 451 g/mol. The van der Waals surface area contributed by atoms with Gasteiger partial charge >= 0.3 is 0 Å². The van der Waals surface area contributed by atoms with Gasteiger partial charge in [0.05, 0.1) is 11.9 Å². The molecule has 2 fully saturated rings. The summed E-state index contributed by atoms with van der Waals surface area (Å²) in [6.45, 7) is -0.332. The average Bonchev–Trinajstić information content (AvgIpc) is 2.93. The monoisotopic (exact) mass is 451 g/mol. The van der Waals surface area contributed by atoms with Crippen LogP contribution in [0.3, 0.4) is 0 Å². The molecule has 1 aliphatic carbocycles. The second kappa shape index (κ2) is 7.04. The molecule has 11 heteroatoms. The number of hydrogen-bond donors (Lipinski definition) is 2. The fourth-order valence-electron chi connectivity index (χ4n) is 4.30. The molecule has 1 saturated carbocycles. The first-order valence-corrected chi connectivity index (χ1v) is 10.6. The molecule has 1 unspecified atom stereocenters. The molecule has 162 valence electrons. The van der Waals surface area contributed by atoms with Gasteiger partial charge in [-0.2, -0.15) is 0 Å². The van der Waals surface area contributed by atoms with Crippen molar-refractivity contribution in [3.8, 4) is 5.75 Å². The van der Waals surface area contributed by atoms with Crippen LogP contribution in [0, 0.1) is 17.5 Å². The van der Waals surface area contributed by atoms with E-state index in [2.05, 4.69) is 5.32 Å². The summed E-state index contributed by atoms with van der Waals surface area (Å²) in [5.74, 6) is -5.72. The van der Waals surface area contributed by atoms with Gasteiger partial charge in [0.1, 0.15) is 23.0 Å². The van der Waals surface area contributed by atoms with Gasteiger partial charge in [0.15, 0.2) is 11.4 Å². The molecule has 31 heavy (non-hydrogen) atoms. The lowest BCUT2D eigenvalue weighted by Crippen LogP contribution is -2.52. The second-order valence-corrected chi connectivity index (χ2v) is 9.16. The van der Waals surface area contributed by atoms with Crippen LogP contribution in [0.15, 0.2) is 23.1 Å². The number of pyridine rings is 1. The summed E-state index contributed by atoms with van der Waals surface area (Å²) in [6, 6.07) is 1.05. The van der Waals surface area contributed by atoms with E-state index in [0.717, 1.165) is 12.8 Å². The molecule has 2 amide bonds. The molecule has 1 saturated heterocycles. The zero-order valence-electron chi connectivity index (χ0n) is 15.9. The van der Waals surface area contributed by atoms with Crippen LogP contribution >= 0.6 is 11.8 Å². The van der Waals surface area contributed by atoms with Crippen LogP contribution in [0.4, 0.5) is 13.2 Å². The first kappa shape index (κ1) is 20.0. The van der Waals surface area contributed by atoms with Crippen LogP contribution in [-0.2, 0) is 13.1 Å². The van der Waals surface area contributed by atoms with Crippen molar-refractivity contribution in [3.63, 3.8) is 0 Å². The second-order valence-electron chi connectivity index (χ2n) is 7.74. The minimum absolute atomic E-state index is 0.0919. The molecule has 0 bridgehead atoms. The van der Waals surface area contributed by atoms with Crippen molar-refractivity contribution >= 4 is 23.6 Å². The molecule has 0 spiro atoms. The molecule has 3 aliphatic rings. The van der Waals surface area contributed by atoms with Gasteiger partial charge in [-0.05, 0) is 12.8 Å². The Bertz CT molecular complexity index is 1180. The van der Waals surface area contributed by atoms with E-state index in [1.165, 1.54) is 10.8 Å². The van der Waals surface area contributed by atoms with Gasteiger partial charge in [0.2, 0.25) is 5.43 Å². The molecule has 1 aromatic heterocycles. The summed E-state index contributed by atoms with van der Waals surface area (Å²) in [5.41, 5.74) is -2.24. The van der Waals surface area contributed by atoms with Gasteiger partial charge in [0.25, 0.3) is 11.8 Å². The molecule has 2 aromatic rings. The third kappa shape index (κ3) is 3.01. The van der Waals surface area contributed by atoms with E-state index >= 15 is 0 Å². The van der Waals surface area contributed by atoms with Crippen LogP contribution in [0.1, 0.15) is 39.3 Å². The van der Waals surface area contributed by atoms with E-state index in [9.17, 15) is 32.7 Å². The van der Waals surface area contributed by atoms with Crippen molar-refractivity contribution in [1.82, 2.24) is 14.8 Å². The van der Waals surface area contributed by atoms with Gasteiger partial charge in [-0.25, -0.2) is 13.2 Å². The molecule has 3 atom stereocenters. The van der Waals surface area contributed by atoms with Gasteiger partial charge in [-0.3, -0.25) is 14.4 Å². The number of halogens is 3. The largest absolute Gasteiger partial charge is 0.503 e. The maximum absolute atomic E-state index is 13.8. The maximum atomic E-state index is 13.8. The van der Waals surface area contributed by atoms with E-state index in [1.54, 1.807) is 16.7 Å². The van der Waals surface area contributed by atoms with Crippen molar-refractivity contribution in [2.24, 2.45) is 0 Å². The first-order valence-electron chi connectivity index (χ1n) is 9.62. The summed E-state index contributed by atoms with van der Waals surface area (Å²) in [7, 11) is 0. The Labute approximate surface area is 177 Å². The van der Waals surface area contributed by atoms with Crippen LogP contribution in [0.5, 0.6) is 5.75 Å². The number of benzene rings is 1. The number of thioether (sulfide) groups is 1. The van der Waals surface area contributed by atoms with E-state index in [-0.39, 0.29) is 17.1 Å². The minimum Gasteiger partial charge on any atom is -0.503 e. The highest BCUT2D eigenvalue weighted by atomic mass is 32.2. The summed E-state index contributed by atoms with van der Waals surface area (Å²) in [6.07, 6.45) is 3.06. The lowest BCUT2D eigenvalue weighted by Gasteiger charge is -2.39. The van der Waals surface area contributed by atoms with Crippen LogP contribution < -0.4 is 10.7 Å². The van der Waals surface area contributed by atoms with Gasteiger partial charge in [-0.15, -0.1) is 11.8 Å². The Hall–Kier alpha value is -2.95. The molecule has 7 nitrogen and oxygen atoms in total. The van der Waals surface area contributed by atoms with Crippen molar-refractivity contribution in [3.05, 3.63) is 62.8 Å². The van der Waals surface area contributed by atoms with Gasteiger partial charge in [0, 0.05) is 41.7 Å². The van der Waals surface area contributed by atoms with Crippen molar-refractivity contribution in [2.45, 2.75) is 42.6 Å². The predicted octanol–water partition coefficient (Wildman–Crippen LogP) is 1.96. The molecule has 3 heterocycles. The van der Waals surface area contributed by atoms with Crippen molar-refractivity contribution in [2.75, 3.05) is 0 Å².